The Labute approximate surface area is 107 Å². The summed E-state index contributed by atoms with van der Waals surface area (Å²) in [4.78, 5) is 4.27. The number of aromatic nitrogens is 1. The molecule has 1 aliphatic rings. The van der Waals surface area contributed by atoms with Gasteiger partial charge in [-0.25, -0.2) is 4.98 Å². The number of nitrogens with zero attached hydrogens (tertiary/aromatic N) is 1. The molecule has 5 heteroatoms. The molecule has 0 N–H and O–H groups in total. The molecule has 0 saturated carbocycles. The van der Waals surface area contributed by atoms with Crippen LogP contribution in [0.1, 0.15) is 12.8 Å². The van der Waals surface area contributed by atoms with Crippen LogP contribution < -0.4 is 0 Å². The second kappa shape index (κ2) is 5.53. The molecule has 0 radical (unpaired) electrons. The Morgan fingerprint density at radius 3 is 3.20 bits per heavy atom. The highest BCUT2D eigenvalue weighted by Gasteiger charge is 2.16. The van der Waals surface area contributed by atoms with Gasteiger partial charge in [0.05, 0.1) is 11.1 Å². The SMILES string of the molecule is Clc1cc(Br)cnc1SCC1CCCO1. The van der Waals surface area contributed by atoms with E-state index >= 15 is 0 Å². The van der Waals surface area contributed by atoms with Gasteiger partial charge in [-0.2, -0.15) is 0 Å². The van der Waals surface area contributed by atoms with Crippen molar-refractivity contribution in [2.75, 3.05) is 12.4 Å². The number of thioether (sulfide) groups is 1. The van der Waals surface area contributed by atoms with Crippen LogP contribution >= 0.6 is 39.3 Å². The minimum absolute atomic E-state index is 0.372. The lowest BCUT2D eigenvalue weighted by Gasteiger charge is -2.08. The van der Waals surface area contributed by atoms with Crippen molar-refractivity contribution in [2.45, 2.75) is 24.0 Å². The summed E-state index contributed by atoms with van der Waals surface area (Å²) < 4.78 is 6.45. The van der Waals surface area contributed by atoms with Crippen LogP contribution in [-0.2, 0) is 4.74 Å². The van der Waals surface area contributed by atoms with E-state index in [-0.39, 0.29) is 0 Å². The lowest BCUT2D eigenvalue weighted by Crippen LogP contribution is -2.07. The van der Waals surface area contributed by atoms with Gasteiger partial charge in [-0.3, -0.25) is 0 Å². The molecule has 1 fully saturated rings. The number of hydrogen-bond donors (Lipinski definition) is 0. The first kappa shape index (κ1) is 11.7. The summed E-state index contributed by atoms with van der Waals surface area (Å²) in [6.45, 7) is 0.896. The smallest absolute Gasteiger partial charge is 0.115 e. The maximum absolute atomic E-state index is 6.06. The summed E-state index contributed by atoms with van der Waals surface area (Å²) >= 11 is 11.1. The van der Waals surface area contributed by atoms with Crippen molar-refractivity contribution in [1.82, 2.24) is 4.98 Å². The molecule has 15 heavy (non-hydrogen) atoms. The van der Waals surface area contributed by atoms with E-state index in [1.54, 1.807) is 18.0 Å². The fraction of sp³-hybridized carbons (Fsp3) is 0.500. The van der Waals surface area contributed by atoms with Gasteiger partial charge in [0.25, 0.3) is 0 Å². The Hall–Kier alpha value is 0.230. The van der Waals surface area contributed by atoms with Crippen molar-refractivity contribution in [3.05, 3.63) is 21.8 Å². The Kier molecular flexibility index (Phi) is 4.31. The molecule has 1 saturated heterocycles. The third-order valence-corrected chi connectivity index (χ3v) is 4.18. The zero-order valence-electron chi connectivity index (χ0n) is 8.08. The standard InChI is InChI=1S/C10H11BrClNOS/c11-7-4-9(12)10(13-5-7)15-6-8-2-1-3-14-8/h4-5,8H,1-3,6H2. The maximum Gasteiger partial charge on any atom is 0.115 e. The molecule has 0 aromatic carbocycles. The molecule has 1 aromatic rings. The second-order valence-corrected chi connectivity index (χ2v) is 5.72. The number of ether oxygens (including phenoxy) is 1. The molecule has 0 aliphatic carbocycles. The van der Waals surface area contributed by atoms with Crippen LogP contribution in [0.3, 0.4) is 0 Å². The number of halogens is 2. The molecular weight excluding hydrogens is 298 g/mol. The van der Waals surface area contributed by atoms with Crippen LogP contribution in [0.5, 0.6) is 0 Å². The van der Waals surface area contributed by atoms with Crippen molar-refractivity contribution in [3.8, 4) is 0 Å². The summed E-state index contributed by atoms with van der Waals surface area (Å²) in [6.07, 6.45) is 4.47. The van der Waals surface area contributed by atoms with E-state index in [4.69, 9.17) is 16.3 Å². The van der Waals surface area contributed by atoms with Crippen LogP contribution in [0.4, 0.5) is 0 Å². The molecule has 2 heterocycles. The molecule has 2 rings (SSSR count). The van der Waals surface area contributed by atoms with Crippen molar-refractivity contribution in [2.24, 2.45) is 0 Å². The topological polar surface area (TPSA) is 22.1 Å². The average molecular weight is 309 g/mol. The van der Waals surface area contributed by atoms with Crippen LogP contribution in [0.2, 0.25) is 5.02 Å². The summed E-state index contributed by atoms with van der Waals surface area (Å²) in [5, 5.41) is 1.59. The molecule has 2 nitrogen and oxygen atoms in total. The van der Waals surface area contributed by atoms with Gasteiger partial charge in [0.2, 0.25) is 0 Å². The van der Waals surface area contributed by atoms with Gasteiger partial charge in [-0.15, -0.1) is 11.8 Å². The fourth-order valence-corrected chi connectivity index (χ4v) is 3.18. The van der Waals surface area contributed by atoms with E-state index in [2.05, 4.69) is 20.9 Å². The van der Waals surface area contributed by atoms with Gasteiger partial charge in [0.15, 0.2) is 0 Å². The van der Waals surface area contributed by atoms with Gasteiger partial charge < -0.3 is 4.74 Å². The van der Waals surface area contributed by atoms with E-state index in [1.165, 1.54) is 6.42 Å². The Morgan fingerprint density at radius 2 is 2.53 bits per heavy atom. The molecule has 82 valence electrons. The van der Waals surface area contributed by atoms with Crippen molar-refractivity contribution >= 4 is 39.3 Å². The normalized spacial score (nSPS) is 20.8. The van der Waals surface area contributed by atoms with E-state index in [9.17, 15) is 0 Å². The molecule has 0 spiro atoms. The summed E-state index contributed by atoms with van der Waals surface area (Å²) in [6, 6.07) is 1.87. The van der Waals surface area contributed by atoms with Crippen molar-refractivity contribution in [1.29, 1.82) is 0 Å². The van der Waals surface area contributed by atoms with E-state index < -0.39 is 0 Å². The van der Waals surface area contributed by atoms with Crippen LogP contribution in [0.15, 0.2) is 21.8 Å². The Balaban J connectivity index is 1.92. The highest BCUT2D eigenvalue weighted by atomic mass is 79.9. The van der Waals surface area contributed by atoms with Gasteiger partial charge in [-0.1, -0.05) is 11.6 Å². The van der Waals surface area contributed by atoms with Crippen LogP contribution in [-0.4, -0.2) is 23.4 Å². The summed E-state index contributed by atoms with van der Waals surface area (Å²) in [5.74, 6) is 0.939. The average Bonchev–Trinajstić information content (AvgIpc) is 2.69. The lowest BCUT2D eigenvalue weighted by atomic mass is 10.3. The molecule has 1 aliphatic heterocycles. The van der Waals surface area contributed by atoms with Crippen LogP contribution in [0, 0.1) is 0 Å². The summed E-state index contributed by atoms with van der Waals surface area (Å²) in [5.41, 5.74) is 0. The van der Waals surface area contributed by atoms with E-state index in [0.29, 0.717) is 11.1 Å². The first-order chi connectivity index (χ1) is 7.25. The zero-order chi connectivity index (χ0) is 10.7. The van der Waals surface area contributed by atoms with Gasteiger partial charge >= 0.3 is 0 Å². The number of rotatable bonds is 3. The molecule has 1 atom stereocenters. The highest BCUT2D eigenvalue weighted by Crippen LogP contribution is 2.29. The second-order valence-electron chi connectivity index (χ2n) is 3.39. The predicted molar refractivity (Wildman–Crippen MR) is 66.6 cm³/mol. The van der Waals surface area contributed by atoms with Crippen molar-refractivity contribution in [3.63, 3.8) is 0 Å². The third kappa shape index (κ3) is 3.34. The first-order valence-electron chi connectivity index (χ1n) is 4.81. The molecule has 1 aromatic heterocycles. The zero-order valence-corrected chi connectivity index (χ0v) is 11.2. The van der Waals surface area contributed by atoms with E-state index in [1.807, 2.05) is 6.07 Å². The maximum atomic E-state index is 6.06. The Morgan fingerprint density at radius 1 is 1.67 bits per heavy atom. The minimum Gasteiger partial charge on any atom is -0.377 e. The van der Waals surface area contributed by atoms with Gasteiger partial charge in [-0.05, 0) is 34.8 Å². The van der Waals surface area contributed by atoms with Crippen LogP contribution in [0.25, 0.3) is 0 Å². The van der Waals surface area contributed by atoms with E-state index in [0.717, 1.165) is 28.3 Å². The molecular formula is C10H11BrClNOS. The Bertz CT molecular complexity index is 344. The minimum atomic E-state index is 0.372. The monoisotopic (exact) mass is 307 g/mol. The van der Waals surface area contributed by atoms with Gasteiger partial charge in [0, 0.05) is 23.0 Å². The molecule has 0 bridgehead atoms. The van der Waals surface area contributed by atoms with Gasteiger partial charge in [0.1, 0.15) is 5.03 Å². The molecule has 1 unspecified atom stereocenters. The lowest BCUT2D eigenvalue weighted by molar-refractivity contribution is 0.129. The first-order valence-corrected chi connectivity index (χ1v) is 6.97. The van der Waals surface area contributed by atoms with Crippen molar-refractivity contribution < 1.29 is 4.74 Å². The quantitative estimate of drug-likeness (QED) is 0.794. The predicted octanol–water partition coefficient (Wildman–Crippen LogP) is 3.77. The largest absolute Gasteiger partial charge is 0.377 e. The fourth-order valence-electron chi connectivity index (χ4n) is 1.46. The highest BCUT2D eigenvalue weighted by molar-refractivity contribution is 9.10. The third-order valence-electron chi connectivity index (χ3n) is 2.20. The number of pyridine rings is 1. The summed E-state index contributed by atoms with van der Waals surface area (Å²) in [7, 11) is 0. The molecule has 0 amide bonds. The number of hydrogen-bond acceptors (Lipinski definition) is 3.